The van der Waals surface area contributed by atoms with Crippen LogP contribution in [0.5, 0.6) is 5.75 Å². The van der Waals surface area contributed by atoms with Crippen LogP contribution in [0.3, 0.4) is 0 Å². The minimum atomic E-state index is -2.21. The fraction of sp³-hybridized carbons (Fsp3) is 0.587. The zero-order valence-electron chi connectivity index (χ0n) is 35.3. The molecular weight excluding hydrogens is 749 g/mol. The number of H-pyrrole nitrogens is 1. The van der Waals surface area contributed by atoms with Gasteiger partial charge in [-0.05, 0) is 94.8 Å². The number of hydrogen-bond acceptors (Lipinski definition) is 11. The number of carbonyl (C=O) groups excluding carboxylic acids is 2. The predicted octanol–water partition coefficient (Wildman–Crippen LogP) is 2.40. The van der Waals surface area contributed by atoms with E-state index >= 15 is 4.79 Å². The first-order chi connectivity index (χ1) is 28.3. The van der Waals surface area contributed by atoms with Gasteiger partial charge in [0.05, 0.1) is 25.9 Å². The smallest absolute Gasteiger partial charge is 0.322 e. The number of piperidine rings is 1. The van der Waals surface area contributed by atoms with Gasteiger partial charge in [-0.3, -0.25) is 19.4 Å². The van der Waals surface area contributed by atoms with Gasteiger partial charge in [0.25, 0.3) is 5.91 Å². The summed E-state index contributed by atoms with van der Waals surface area (Å²) in [6, 6.07) is 11.1. The van der Waals surface area contributed by atoms with Crippen molar-refractivity contribution in [3.63, 3.8) is 0 Å². The van der Waals surface area contributed by atoms with Gasteiger partial charge >= 0.3 is 5.97 Å². The molecule has 317 valence electrons. The monoisotopic (exact) mass is 809 g/mol. The Morgan fingerprint density at radius 2 is 1.86 bits per heavy atom. The largest absolute Gasteiger partial charge is 0.496 e. The van der Waals surface area contributed by atoms with Crippen LogP contribution in [0, 0.1) is 17.8 Å². The Labute approximate surface area is 347 Å². The van der Waals surface area contributed by atoms with Crippen molar-refractivity contribution in [2.45, 2.75) is 86.2 Å². The number of aromatic nitrogens is 1. The van der Waals surface area contributed by atoms with Crippen LogP contribution in [0.15, 0.2) is 48.6 Å². The lowest BCUT2D eigenvalue weighted by molar-refractivity contribution is -0.203. The number of ether oxygens (including phenoxy) is 2. The van der Waals surface area contributed by atoms with Crippen LogP contribution in [0.4, 0.5) is 5.69 Å². The number of hydrogen-bond donors (Lipinski definition) is 6. The zero-order chi connectivity index (χ0) is 41.7. The highest BCUT2D eigenvalue weighted by atomic mass is 16.5. The highest BCUT2D eigenvalue weighted by Gasteiger charge is 2.78. The van der Waals surface area contributed by atoms with Gasteiger partial charge in [0.2, 0.25) is 0 Å². The molecule has 1 spiro atoms. The molecule has 1 amide bonds. The molecule has 6 aliphatic rings. The molecule has 1 radical (unpaired) electrons. The number of anilines is 1. The normalized spacial score (nSPS) is 37.1. The van der Waals surface area contributed by atoms with E-state index in [-0.39, 0.29) is 12.0 Å². The molecule has 10 atom stereocenters. The van der Waals surface area contributed by atoms with Crippen LogP contribution in [-0.2, 0) is 31.6 Å². The SMILES string of the molecule is CC[C@]12C=CCN3CCC4(c5cc([C@@]6(C(=O)OC)CC7[CH][C@](C)(O)CN(CCc8c6[nH]c6ccccc86)C7)c(OC)cc5N(C)C4[C@@](O)(C(=O)NCCCNC)[C@@H]1O)C32. The Hall–Kier alpha value is -3.98. The summed E-state index contributed by atoms with van der Waals surface area (Å²) in [5.74, 6) is -0.763. The van der Waals surface area contributed by atoms with Crippen LogP contribution >= 0.6 is 0 Å². The van der Waals surface area contributed by atoms with Crippen molar-refractivity contribution in [2.75, 3.05) is 79.0 Å². The Morgan fingerprint density at radius 3 is 2.61 bits per heavy atom. The lowest BCUT2D eigenvalue weighted by Gasteiger charge is -2.63. The van der Waals surface area contributed by atoms with Gasteiger partial charge in [-0.1, -0.05) is 37.3 Å². The Balaban J connectivity index is 1.32. The topological polar surface area (TPSA) is 163 Å². The van der Waals surface area contributed by atoms with Crippen molar-refractivity contribution in [1.82, 2.24) is 25.4 Å². The number of rotatable bonds is 9. The number of nitrogens with one attached hydrogen (secondary N) is 3. The van der Waals surface area contributed by atoms with E-state index in [1.165, 1.54) is 7.11 Å². The van der Waals surface area contributed by atoms with E-state index in [4.69, 9.17) is 9.47 Å². The summed E-state index contributed by atoms with van der Waals surface area (Å²) in [5, 5.41) is 44.8. The third-order valence-electron chi connectivity index (χ3n) is 15.3. The fourth-order valence-electron chi connectivity index (χ4n) is 13.3. The van der Waals surface area contributed by atoms with Gasteiger partial charge in [-0.15, -0.1) is 0 Å². The molecule has 6 N–H and O–H groups in total. The standard InChI is InChI=1S/C46H61N6O7/c1-7-43-15-10-19-52-21-16-44(37(43)52)31-22-32(35(58-5)23-34(31)50(4)38(44)46(57,39(43)53)40(54)48-18-11-17-47-3)45(41(55)59-6)25-28-24-42(2,56)27-51(26-28)20-14-30-29-12-8-9-13-33(29)49-36(30)45/h8-10,12-13,15,22-24,28,37-39,47,49,53,56-57H,7,11,14,16-21,25-27H2,1-6H3,(H,48,54)/t28?,37?,38?,39-,42+,43-,44?,45+,46+/m1/s1. The summed E-state index contributed by atoms with van der Waals surface area (Å²) in [4.78, 5) is 40.4. The maximum atomic E-state index is 15.3. The molecule has 6 heterocycles. The Morgan fingerprint density at radius 1 is 1.07 bits per heavy atom. The molecule has 9 rings (SSSR count). The molecule has 13 nitrogen and oxygen atoms in total. The first kappa shape index (κ1) is 40.4. The van der Waals surface area contributed by atoms with Crippen molar-refractivity contribution >= 4 is 28.5 Å². The maximum absolute atomic E-state index is 15.3. The molecule has 2 aromatic carbocycles. The van der Waals surface area contributed by atoms with Gasteiger partial charge in [-0.25, -0.2) is 0 Å². The van der Waals surface area contributed by atoms with Crippen molar-refractivity contribution in [1.29, 1.82) is 0 Å². The van der Waals surface area contributed by atoms with E-state index in [9.17, 15) is 20.1 Å². The molecule has 13 heteroatoms. The second-order valence-corrected chi connectivity index (χ2v) is 18.5. The average molecular weight is 810 g/mol. The number of likely N-dealkylation sites (N-methyl/N-ethyl adjacent to an activating group) is 1. The summed E-state index contributed by atoms with van der Waals surface area (Å²) >= 11 is 0. The van der Waals surface area contributed by atoms with Crippen molar-refractivity contribution in [3.05, 3.63) is 77.4 Å². The second-order valence-electron chi connectivity index (χ2n) is 18.5. The summed E-state index contributed by atoms with van der Waals surface area (Å²) in [5.41, 5.74) is -1.50. The number of fused-ring (bicyclic) bond motifs is 6. The zero-order valence-corrected chi connectivity index (χ0v) is 35.3. The average Bonchev–Trinajstić information content (AvgIpc) is 3.89. The predicted molar refractivity (Wildman–Crippen MR) is 225 cm³/mol. The number of methoxy groups -OCH3 is 2. The number of aliphatic hydroxyl groups excluding tert-OH is 1. The van der Waals surface area contributed by atoms with Gasteiger partial charge in [0, 0.05) is 90.6 Å². The Kier molecular flexibility index (Phi) is 9.80. The van der Waals surface area contributed by atoms with Crippen LogP contribution in [0.2, 0.25) is 0 Å². The van der Waals surface area contributed by atoms with E-state index in [0.717, 1.165) is 33.4 Å². The van der Waals surface area contributed by atoms with E-state index in [1.807, 2.05) is 63.5 Å². The van der Waals surface area contributed by atoms with Crippen LogP contribution in [0.1, 0.15) is 61.9 Å². The molecule has 1 aromatic heterocycles. The number of benzene rings is 2. The summed E-state index contributed by atoms with van der Waals surface area (Å²) in [6.07, 6.45) is 7.43. The van der Waals surface area contributed by atoms with Crippen molar-refractivity contribution < 1.29 is 34.4 Å². The molecule has 5 aliphatic heterocycles. The fourth-order valence-corrected chi connectivity index (χ4v) is 13.3. The molecule has 1 aliphatic carbocycles. The number of esters is 1. The first-order valence-electron chi connectivity index (χ1n) is 21.5. The summed E-state index contributed by atoms with van der Waals surface area (Å²) < 4.78 is 12.3. The highest BCUT2D eigenvalue weighted by molar-refractivity contribution is 5.95. The number of amides is 1. The number of carbonyl (C=O) groups is 2. The molecular formula is C46H61N6O7. The molecule has 2 saturated heterocycles. The minimum absolute atomic E-state index is 0.207. The third kappa shape index (κ3) is 5.50. The third-order valence-corrected chi connectivity index (χ3v) is 15.3. The van der Waals surface area contributed by atoms with Gasteiger partial charge < -0.3 is 45.3 Å². The molecule has 59 heavy (non-hydrogen) atoms. The van der Waals surface area contributed by atoms with Gasteiger partial charge in [0.1, 0.15) is 17.3 Å². The minimum Gasteiger partial charge on any atom is -0.496 e. The molecule has 5 unspecified atom stereocenters. The van der Waals surface area contributed by atoms with E-state index < -0.39 is 51.5 Å². The van der Waals surface area contributed by atoms with Crippen molar-refractivity contribution in [2.24, 2.45) is 11.3 Å². The highest BCUT2D eigenvalue weighted by Crippen LogP contribution is 2.67. The number of nitrogens with zero attached hydrogens (tertiary/aromatic N) is 3. The van der Waals surface area contributed by atoms with E-state index in [2.05, 4.69) is 49.7 Å². The molecule has 3 aromatic rings. The lowest BCUT2D eigenvalue weighted by Crippen LogP contribution is -2.81. The van der Waals surface area contributed by atoms with Crippen LogP contribution in [-0.4, -0.2) is 145 Å². The van der Waals surface area contributed by atoms with Crippen LogP contribution in [0.25, 0.3) is 10.9 Å². The first-order valence-corrected chi connectivity index (χ1v) is 21.5. The number of aliphatic hydroxyl groups is 3. The summed E-state index contributed by atoms with van der Waals surface area (Å²) in [7, 11) is 6.81. The van der Waals surface area contributed by atoms with E-state index in [1.54, 1.807) is 7.11 Å². The summed E-state index contributed by atoms with van der Waals surface area (Å²) in [6.45, 7) is 8.14. The maximum Gasteiger partial charge on any atom is 0.322 e. The van der Waals surface area contributed by atoms with E-state index in [0.29, 0.717) is 89.2 Å². The molecule has 3 fully saturated rings. The number of aromatic amines is 1. The van der Waals surface area contributed by atoms with Crippen molar-refractivity contribution in [3.8, 4) is 5.75 Å². The van der Waals surface area contributed by atoms with Gasteiger partial charge in [-0.2, -0.15) is 0 Å². The van der Waals surface area contributed by atoms with Gasteiger partial charge in [0.15, 0.2) is 5.60 Å². The Bertz CT molecular complexity index is 2190. The molecule has 1 saturated carbocycles. The quantitative estimate of drug-likeness (QED) is 0.107. The number of para-hydroxylation sites is 1. The lowest BCUT2D eigenvalue weighted by atomic mass is 9.47. The van der Waals surface area contributed by atoms with Crippen LogP contribution < -0.4 is 20.3 Å². The molecule has 2 bridgehead atoms. The second kappa shape index (κ2) is 14.3.